The number of hydrogen-bond donors (Lipinski definition) is 2. The van der Waals surface area contributed by atoms with E-state index in [2.05, 4.69) is 10.6 Å². The van der Waals surface area contributed by atoms with E-state index in [0.29, 0.717) is 82.4 Å². The minimum absolute atomic E-state index is 0.117. The number of Topliss-reactive ketones (excluding diaryl/α,β-unsaturated/α-hetero) is 1. The van der Waals surface area contributed by atoms with Gasteiger partial charge in [0.25, 0.3) is 0 Å². The van der Waals surface area contributed by atoms with Gasteiger partial charge in [-0.3, -0.25) is 9.59 Å². The number of pyridine rings is 2. The molecule has 2 aliphatic rings. The summed E-state index contributed by atoms with van der Waals surface area (Å²) in [4.78, 5) is 32.6. The van der Waals surface area contributed by atoms with E-state index in [1.54, 1.807) is 32.4 Å². The number of aromatic nitrogens is 2. The summed E-state index contributed by atoms with van der Waals surface area (Å²) < 4.78 is 26.8. The second-order valence-corrected chi connectivity index (χ2v) is 13.4. The maximum atomic E-state index is 15.6. The minimum Gasteiger partial charge on any atom is -0.481 e. The zero-order chi connectivity index (χ0) is 34.5. The van der Waals surface area contributed by atoms with Crippen molar-refractivity contribution in [2.24, 2.45) is 5.92 Å². The Kier molecular flexibility index (Phi) is 11.1. The molecule has 8 nitrogen and oxygen atoms in total. The first-order valence-electron chi connectivity index (χ1n) is 16.6. The van der Waals surface area contributed by atoms with Crippen LogP contribution < -0.4 is 20.1 Å². The average molecular weight is 706 g/mol. The fourth-order valence-corrected chi connectivity index (χ4v) is 7.42. The first kappa shape index (κ1) is 34.8. The number of nitrogens with zero attached hydrogens (tertiary/aromatic N) is 2. The minimum atomic E-state index is -0.523. The van der Waals surface area contributed by atoms with Crippen molar-refractivity contribution >= 4 is 34.9 Å². The molecule has 6 rings (SSSR count). The van der Waals surface area contributed by atoms with E-state index in [1.807, 2.05) is 30.3 Å². The number of halogens is 3. The highest BCUT2D eigenvalue weighted by Crippen LogP contribution is 2.44. The lowest BCUT2D eigenvalue weighted by atomic mass is 9.97. The van der Waals surface area contributed by atoms with Gasteiger partial charge in [-0.2, -0.15) is 0 Å². The van der Waals surface area contributed by atoms with Crippen LogP contribution in [0.25, 0.3) is 33.6 Å². The largest absolute Gasteiger partial charge is 0.481 e. The molecule has 2 aromatic heterocycles. The lowest BCUT2D eigenvalue weighted by Gasteiger charge is -2.16. The predicted molar refractivity (Wildman–Crippen MR) is 190 cm³/mol. The molecule has 11 heteroatoms. The third-order valence-corrected chi connectivity index (χ3v) is 10.2. The molecule has 1 saturated carbocycles. The van der Waals surface area contributed by atoms with Crippen molar-refractivity contribution in [2.45, 2.75) is 64.0 Å². The molecule has 1 saturated heterocycles. The van der Waals surface area contributed by atoms with Crippen LogP contribution in [0.1, 0.15) is 56.1 Å². The fourth-order valence-electron chi connectivity index (χ4n) is 6.75. The molecular formula is C38H39Cl2FN4O4. The second kappa shape index (κ2) is 15.7. The molecule has 2 atom stereocenters. The Morgan fingerprint density at radius 2 is 1.55 bits per heavy atom. The van der Waals surface area contributed by atoms with Crippen LogP contribution in [0.5, 0.6) is 11.8 Å². The highest BCUT2D eigenvalue weighted by atomic mass is 35.5. The molecule has 2 N–H and O–H groups in total. The molecule has 1 aliphatic heterocycles. The van der Waals surface area contributed by atoms with Gasteiger partial charge in [0.05, 0.1) is 35.7 Å². The summed E-state index contributed by atoms with van der Waals surface area (Å²) in [5, 5.41) is 6.90. The Morgan fingerprint density at radius 1 is 0.857 bits per heavy atom. The van der Waals surface area contributed by atoms with Crippen molar-refractivity contribution in [2.75, 3.05) is 20.8 Å². The molecule has 256 valence electrons. The number of hydrogen-bond acceptors (Lipinski definition) is 7. The Morgan fingerprint density at radius 3 is 2.22 bits per heavy atom. The molecule has 0 unspecified atom stereocenters. The van der Waals surface area contributed by atoms with Crippen LogP contribution in [0.4, 0.5) is 4.39 Å². The zero-order valence-corrected chi connectivity index (χ0v) is 29.1. The highest BCUT2D eigenvalue weighted by molar-refractivity contribution is 6.39. The van der Waals surface area contributed by atoms with E-state index in [9.17, 15) is 9.59 Å². The number of methoxy groups -OCH3 is 2. The Hall–Kier alpha value is -4.05. The van der Waals surface area contributed by atoms with Crippen LogP contribution in [0.2, 0.25) is 10.0 Å². The van der Waals surface area contributed by atoms with E-state index in [4.69, 9.17) is 42.6 Å². The summed E-state index contributed by atoms with van der Waals surface area (Å²) in [6, 6.07) is 16.1. The molecule has 2 aromatic carbocycles. The number of nitrogens with one attached hydrogen (secondary N) is 2. The Bertz CT molecular complexity index is 1870. The van der Waals surface area contributed by atoms with E-state index >= 15 is 4.39 Å². The van der Waals surface area contributed by atoms with Gasteiger partial charge in [-0.05, 0) is 68.8 Å². The summed E-state index contributed by atoms with van der Waals surface area (Å²) in [6.45, 7) is 1.28. The molecule has 2 fully saturated rings. The number of ether oxygens (including phenoxy) is 2. The standard InChI is InChI=1S/C38H39Cl2FN4O4/c1-48-37-23(5-3-6-25-12-18-33(47)43-25)10-16-31(44-37)27-7-4-8-29(35(27)39)34-30(41)15-14-28(36(34)40)32-17-11-24(38(45-32)49-2)21-42-20-22-9-13-26(46)19-22/h4,7-8,10-11,14-17,22,25,42H,3,5-6,9,12-13,18-21H2,1-2H3,(H,43,47)/t22-,25-/m1/s1. The van der Waals surface area contributed by atoms with E-state index in [0.717, 1.165) is 49.8 Å². The zero-order valence-electron chi connectivity index (χ0n) is 27.6. The number of benzene rings is 2. The Labute approximate surface area is 295 Å². The quantitative estimate of drug-likeness (QED) is 0.145. The van der Waals surface area contributed by atoms with Gasteiger partial charge >= 0.3 is 0 Å². The van der Waals surface area contributed by atoms with Crippen molar-refractivity contribution < 1.29 is 23.5 Å². The summed E-state index contributed by atoms with van der Waals surface area (Å²) in [5.41, 5.74) is 4.65. The van der Waals surface area contributed by atoms with Gasteiger partial charge in [0.15, 0.2) is 0 Å². The molecule has 0 spiro atoms. The smallest absolute Gasteiger partial charge is 0.220 e. The summed E-state index contributed by atoms with van der Waals surface area (Å²) in [6.07, 6.45) is 6.19. The normalized spacial score (nSPS) is 17.4. The Balaban J connectivity index is 1.23. The number of rotatable bonds is 13. The topological polar surface area (TPSA) is 102 Å². The van der Waals surface area contributed by atoms with Gasteiger partial charge < -0.3 is 20.1 Å². The van der Waals surface area contributed by atoms with Crippen LogP contribution in [-0.4, -0.2) is 48.5 Å². The summed E-state index contributed by atoms with van der Waals surface area (Å²) in [7, 11) is 3.14. The first-order valence-corrected chi connectivity index (χ1v) is 17.4. The molecule has 1 amide bonds. The molecule has 3 heterocycles. The highest BCUT2D eigenvalue weighted by Gasteiger charge is 2.24. The van der Waals surface area contributed by atoms with Crippen LogP contribution in [0, 0.1) is 11.7 Å². The van der Waals surface area contributed by atoms with E-state index in [1.165, 1.54) is 6.07 Å². The first-order chi connectivity index (χ1) is 23.7. The van der Waals surface area contributed by atoms with Crippen LogP contribution in [0.3, 0.4) is 0 Å². The molecule has 49 heavy (non-hydrogen) atoms. The fraction of sp³-hybridized carbons (Fsp3) is 0.368. The van der Waals surface area contributed by atoms with Crippen molar-refractivity contribution in [3.05, 3.63) is 81.6 Å². The molecule has 0 radical (unpaired) electrons. The van der Waals surface area contributed by atoms with Crippen molar-refractivity contribution in [3.8, 4) is 45.4 Å². The maximum absolute atomic E-state index is 15.6. The van der Waals surface area contributed by atoms with Crippen molar-refractivity contribution in [3.63, 3.8) is 0 Å². The second-order valence-electron chi connectivity index (χ2n) is 12.7. The molecule has 1 aliphatic carbocycles. The van der Waals surface area contributed by atoms with Gasteiger partial charge in [-0.1, -0.05) is 53.5 Å². The van der Waals surface area contributed by atoms with Gasteiger partial charge in [0.1, 0.15) is 11.6 Å². The summed E-state index contributed by atoms with van der Waals surface area (Å²) in [5.74, 6) is 1.20. The molecule has 0 bridgehead atoms. The number of carbonyl (C=O) groups is 2. The van der Waals surface area contributed by atoms with Gasteiger partial charge in [-0.15, -0.1) is 0 Å². The van der Waals surface area contributed by atoms with Crippen molar-refractivity contribution in [1.82, 2.24) is 20.6 Å². The molecule has 4 aromatic rings. The third-order valence-electron chi connectivity index (χ3n) is 9.36. The van der Waals surface area contributed by atoms with Crippen LogP contribution >= 0.6 is 23.2 Å². The van der Waals surface area contributed by atoms with Crippen LogP contribution in [0.15, 0.2) is 54.6 Å². The molecular weight excluding hydrogens is 666 g/mol. The van der Waals surface area contributed by atoms with E-state index in [-0.39, 0.29) is 22.5 Å². The van der Waals surface area contributed by atoms with E-state index < -0.39 is 5.82 Å². The number of carbonyl (C=O) groups excluding carboxylic acids is 2. The number of amides is 1. The SMILES string of the molecule is COc1nc(-c2cccc(-c3c(F)ccc(-c4ccc(CNC[C@@H]5CCC(=O)C5)c(OC)n4)c3Cl)c2Cl)ccc1CCC[C@@H]1CCC(=O)N1. The monoisotopic (exact) mass is 704 g/mol. The van der Waals surface area contributed by atoms with Gasteiger partial charge in [-0.25, -0.2) is 14.4 Å². The summed E-state index contributed by atoms with van der Waals surface area (Å²) >= 11 is 13.9. The van der Waals surface area contributed by atoms with Crippen LogP contribution in [-0.2, 0) is 22.6 Å². The number of ketones is 1. The maximum Gasteiger partial charge on any atom is 0.220 e. The predicted octanol–water partition coefficient (Wildman–Crippen LogP) is 8.00. The average Bonchev–Trinajstić information content (AvgIpc) is 3.72. The van der Waals surface area contributed by atoms with Crippen molar-refractivity contribution in [1.29, 1.82) is 0 Å². The number of aryl methyl sites for hydroxylation is 1. The van der Waals surface area contributed by atoms with Gasteiger partial charge in [0.2, 0.25) is 17.7 Å². The lowest BCUT2D eigenvalue weighted by Crippen LogP contribution is -2.25. The lowest BCUT2D eigenvalue weighted by molar-refractivity contribution is -0.119. The third kappa shape index (κ3) is 7.90. The van der Waals surface area contributed by atoms with Gasteiger partial charge in [0, 0.05) is 65.2 Å².